The average molecular weight is 260 g/mol. The summed E-state index contributed by atoms with van der Waals surface area (Å²) in [7, 11) is 3.19. The van der Waals surface area contributed by atoms with Crippen molar-refractivity contribution in [3.63, 3.8) is 0 Å². The molecule has 0 aliphatic heterocycles. The van der Waals surface area contributed by atoms with E-state index in [1.54, 1.807) is 18.7 Å². The molecule has 0 unspecified atom stereocenters. The number of pyridine rings is 1. The summed E-state index contributed by atoms with van der Waals surface area (Å²) < 4.78 is 6.88. The highest BCUT2D eigenvalue weighted by Crippen LogP contribution is 2.23. The minimum Gasteiger partial charge on any atom is -0.409 e. The van der Waals surface area contributed by atoms with Crippen LogP contribution in [0.4, 0.5) is 4.79 Å². The Labute approximate surface area is 111 Å². The molecule has 1 amide bonds. The van der Waals surface area contributed by atoms with Gasteiger partial charge in [0.05, 0.1) is 5.52 Å². The third kappa shape index (κ3) is 2.45. The van der Waals surface area contributed by atoms with Crippen molar-refractivity contribution in [2.75, 3.05) is 14.1 Å². The molecule has 100 valence electrons. The Morgan fingerprint density at radius 2 is 2.00 bits per heavy atom. The fraction of sp³-hybridized carbons (Fsp3) is 0.286. The highest BCUT2D eigenvalue weighted by atomic mass is 16.6. The van der Waals surface area contributed by atoms with Gasteiger partial charge in [-0.15, -0.1) is 0 Å². The predicted octanol–water partition coefficient (Wildman–Crippen LogP) is 2.08. The van der Waals surface area contributed by atoms with Crippen molar-refractivity contribution >= 4 is 17.0 Å². The molecule has 2 aromatic rings. The minimum atomic E-state index is -0.501. The van der Waals surface area contributed by atoms with E-state index in [2.05, 4.69) is 0 Å². The molecule has 5 nitrogen and oxygen atoms in total. The van der Waals surface area contributed by atoms with Gasteiger partial charge in [0, 0.05) is 32.1 Å². The number of aromatic nitrogens is 1. The Balaban J connectivity index is 2.63. The van der Waals surface area contributed by atoms with Crippen molar-refractivity contribution in [1.82, 2.24) is 9.47 Å². The van der Waals surface area contributed by atoms with Crippen molar-refractivity contribution in [1.29, 1.82) is 0 Å². The lowest BCUT2D eigenvalue weighted by Crippen LogP contribution is -2.27. The number of fused-ring (bicyclic) bond motifs is 1. The van der Waals surface area contributed by atoms with Crippen LogP contribution in [-0.4, -0.2) is 29.7 Å². The van der Waals surface area contributed by atoms with E-state index in [0.717, 1.165) is 10.9 Å². The first kappa shape index (κ1) is 13.1. The smallest absolute Gasteiger partial charge is 0.409 e. The topological polar surface area (TPSA) is 51.5 Å². The highest BCUT2D eigenvalue weighted by Gasteiger charge is 2.13. The molecule has 19 heavy (non-hydrogen) atoms. The number of carbonyl (C=O) groups is 1. The van der Waals surface area contributed by atoms with Gasteiger partial charge in [-0.2, -0.15) is 0 Å². The van der Waals surface area contributed by atoms with Gasteiger partial charge >= 0.3 is 6.09 Å². The first-order chi connectivity index (χ1) is 9.04. The Hall–Kier alpha value is -2.30. The molecule has 0 fully saturated rings. The van der Waals surface area contributed by atoms with Crippen LogP contribution in [0.5, 0.6) is 5.75 Å². The lowest BCUT2D eigenvalue weighted by molar-refractivity contribution is 0.172. The molecule has 0 bridgehead atoms. The highest BCUT2D eigenvalue weighted by molar-refractivity contribution is 5.87. The molecule has 0 aliphatic rings. The monoisotopic (exact) mass is 260 g/mol. The number of ether oxygens (including phenoxy) is 1. The van der Waals surface area contributed by atoms with Crippen LogP contribution in [0, 0.1) is 0 Å². The van der Waals surface area contributed by atoms with Gasteiger partial charge in [0.15, 0.2) is 0 Å². The Morgan fingerprint density at radius 1 is 1.32 bits per heavy atom. The quantitative estimate of drug-likeness (QED) is 0.830. The van der Waals surface area contributed by atoms with E-state index in [1.807, 2.05) is 31.2 Å². The van der Waals surface area contributed by atoms with Crippen molar-refractivity contribution < 1.29 is 9.53 Å². The summed E-state index contributed by atoms with van der Waals surface area (Å²) in [5.41, 5.74) is 0.585. The number of para-hydroxylation sites is 1. The molecular weight excluding hydrogens is 244 g/mol. The van der Waals surface area contributed by atoms with Gasteiger partial charge in [0.1, 0.15) is 5.75 Å². The molecule has 0 radical (unpaired) electrons. The van der Waals surface area contributed by atoms with Gasteiger partial charge in [0.2, 0.25) is 0 Å². The summed E-state index contributed by atoms with van der Waals surface area (Å²) in [5.74, 6) is 0.295. The minimum absolute atomic E-state index is 0.178. The standard InChI is InChI=1S/C14H16N2O3/c1-4-16-11-8-6-5-7-10(11)12(9-13(16)17)19-14(18)15(2)3/h5-9H,4H2,1-3H3. The SMILES string of the molecule is CCn1c(=O)cc(OC(=O)N(C)C)c2ccccc21. The average Bonchev–Trinajstić information content (AvgIpc) is 2.39. The lowest BCUT2D eigenvalue weighted by Gasteiger charge is -2.14. The predicted molar refractivity (Wildman–Crippen MR) is 73.6 cm³/mol. The van der Waals surface area contributed by atoms with Gasteiger partial charge in [-0.25, -0.2) is 4.79 Å². The third-order valence-corrected chi connectivity index (χ3v) is 2.86. The Morgan fingerprint density at radius 3 is 2.63 bits per heavy atom. The second-order valence-electron chi connectivity index (χ2n) is 4.37. The summed E-state index contributed by atoms with van der Waals surface area (Å²) >= 11 is 0. The van der Waals surface area contributed by atoms with Gasteiger partial charge in [-0.05, 0) is 19.1 Å². The molecule has 0 saturated heterocycles. The zero-order chi connectivity index (χ0) is 14.0. The first-order valence-corrected chi connectivity index (χ1v) is 6.06. The van der Waals surface area contributed by atoms with Crippen LogP contribution in [0.15, 0.2) is 35.1 Å². The number of hydrogen-bond acceptors (Lipinski definition) is 3. The lowest BCUT2D eigenvalue weighted by atomic mass is 10.2. The van der Waals surface area contributed by atoms with Crippen LogP contribution in [0.25, 0.3) is 10.9 Å². The van der Waals surface area contributed by atoms with Crippen LogP contribution in [0.1, 0.15) is 6.92 Å². The van der Waals surface area contributed by atoms with Crippen LogP contribution < -0.4 is 10.3 Å². The van der Waals surface area contributed by atoms with Crippen LogP contribution >= 0.6 is 0 Å². The maximum absolute atomic E-state index is 12.0. The Kier molecular flexibility index (Phi) is 3.55. The molecule has 2 rings (SSSR count). The maximum atomic E-state index is 12.0. The Bertz CT molecular complexity index is 674. The van der Waals surface area contributed by atoms with E-state index in [0.29, 0.717) is 12.3 Å². The maximum Gasteiger partial charge on any atom is 0.414 e. The van der Waals surface area contributed by atoms with E-state index in [-0.39, 0.29) is 5.56 Å². The van der Waals surface area contributed by atoms with Crippen molar-refractivity contribution in [2.24, 2.45) is 0 Å². The molecular formula is C14H16N2O3. The van der Waals surface area contributed by atoms with Gasteiger partial charge in [0.25, 0.3) is 5.56 Å². The molecule has 0 N–H and O–H groups in total. The van der Waals surface area contributed by atoms with Crippen molar-refractivity contribution in [3.05, 3.63) is 40.7 Å². The van der Waals surface area contributed by atoms with Crippen LogP contribution in [0.2, 0.25) is 0 Å². The van der Waals surface area contributed by atoms with E-state index >= 15 is 0 Å². The third-order valence-electron chi connectivity index (χ3n) is 2.86. The molecule has 1 aromatic carbocycles. The van der Waals surface area contributed by atoms with Gasteiger partial charge < -0.3 is 14.2 Å². The normalized spacial score (nSPS) is 10.5. The van der Waals surface area contributed by atoms with Crippen molar-refractivity contribution in [2.45, 2.75) is 13.5 Å². The number of aryl methyl sites for hydroxylation is 1. The second-order valence-corrected chi connectivity index (χ2v) is 4.37. The zero-order valence-electron chi connectivity index (χ0n) is 11.2. The van der Waals surface area contributed by atoms with E-state index in [1.165, 1.54) is 11.0 Å². The van der Waals surface area contributed by atoms with E-state index in [9.17, 15) is 9.59 Å². The molecule has 1 aromatic heterocycles. The van der Waals surface area contributed by atoms with Crippen molar-refractivity contribution in [3.8, 4) is 5.75 Å². The van der Waals surface area contributed by atoms with Gasteiger partial charge in [-0.1, -0.05) is 12.1 Å². The molecule has 0 saturated carbocycles. The largest absolute Gasteiger partial charge is 0.414 e. The van der Waals surface area contributed by atoms with Gasteiger partial charge in [-0.3, -0.25) is 4.79 Å². The number of amides is 1. The summed E-state index contributed by atoms with van der Waals surface area (Å²) in [6.07, 6.45) is -0.501. The van der Waals surface area contributed by atoms with E-state index < -0.39 is 6.09 Å². The summed E-state index contributed by atoms with van der Waals surface area (Å²) in [4.78, 5) is 24.9. The van der Waals surface area contributed by atoms with Crippen LogP contribution in [-0.2, 0) is 6.54 Å². The number of rotatable bonds is 2. The zero-order valence-corrected chi connectivity index (χ0v) is 11.2. The number of carbonyl (C=O) groups excluding carboxylic acids is 1. The molecule has 0 aliphatic carbocycles. The summed E-state index contributed by atoms with van der Waals surface area (Å²) in [5, 5.41) is 0.749. The van der Waals surface area contributed by atoms with Crippen LogP contribution in [0.3, 0.4) is 0 Å². The summed E-state index contributed by atoms with van der Waals surface area (Å²) in [6.45, 7) is 2.47. The van der Waals surface area contributed by atoms with E-state index in [4.69, 9.17) is 4.74 Å². The second kappa shape index (κ2) is 5.14. The fourth-order valence-electron chi connectivity index (χ4n) is 1.90. The first-order valence-electron chi connectivity index (χ1n) is 6.06. The number of benzene rings is 1. The molecule has 5 heteroatoms. The fourth-order valence-corrected chi connectivity index (χ4v) is 1.90. The number of hydrogen-bond donors (Lipinski definition) is 0. The number of nitrogens with zero attached hydrogens (tertiary/aromatic N) is 2. The summed E-state index contributed by atoms with van der Waals surface area (Å²) in [6, 6.07) is 8.73. The molecule has 1 heterocycles. The molecule has 0 atom stereocenters. The molecule has 0 spiro atoms.